The summed E-state index contributed by atoms with van der Waals surface area (Å²) in [6, 6.07) is 0.157. The SMILES string of the molecule is COCCOCCC(=O)c1c(Br)cnn1C(C)C. The predicted molar refractivity (Wildman–Crippen MR) is 72.0 cm³/mol. The van der Waals surface area contributed by atoms with Crippen molar-refractivity contribution in [3.63, 3.8) is 0 Å². The lowest BCUT2D eigenvalue weighted by atomic mass is 10.2. The van der Waals surface area contributed by atoms with Crippen molar-refractivity contribution in [2.75, 3.05) is 26.9 Å². The Morgan fingerprint density at radius 3 is 2.78 bits per heavy atom. The van der Waals surface area contributed by atoms with Gasteiger partial charge in [0.05, 0.1) is 30.5 Å². The first-order chi connectivity index (χ1) is 8.57. The Bertz CT molecular complexity index is 391. The Labute approximate surface area is 116 Å². The number of aromatic nitrogens is 2. The smallest absolute Gasteiger partial charge is 0.184 e. The molecule has 0 saturated heterocycles. The molecule has 0 bridgehead atoms. The average molecular weight is 319 g/mol. The second-order valence-electron chi connectivity index (χ2n) is 4.16. The fourth-order valence-corrected chi connectivity index (χ4v) is 2.02. The quantitative estimate of drug-likeness (QED) is 0.546. The minimum atomic E-state index is 0.0329. The summed E-state index contributed by atoms with van der Waals surface area (Å²) in [5.74, 6) is 0.0329. The van der Waals surface area contributed by atoms with Crippen LogP contribution in [0.1, 0.15) is 36.8 Å². The van der Waals surface area contributed by atoms with Gasteiger partial charge < -0.3 is 9.47 Å². The summed E-state index contributed by atoms with van der Waals surface area (Å²) in [4.78, 5) is 12.1. The molecule has 1 aromatic rings. The Balaban J connectivity index is 2.53. The summed E-state index contributed by atoms with van der Waals surface area (Å²) >= 11 is 3.35. The first-order valence-corrected chi connectivity index (χ1v) is 6.70. The predicted octanol–water partition coefficient (Wildman–Crippen LogP) is 2.46. The number of rotatable bonds is 8. The van der Waals surface area contributed by atoms with Crippen molar-refractivity contribution in [2.45, 2.75) is 26.3 Å². The number of methoxy groups -OCH3 is 1. The molecule has 0 aromatic carbocycles. The molecule has 0 saturated carbocycles. The number of hydrogen-bond acceptors (Lipinski definition) is 4. The molecule has 0 unspecified atom stereocenters. The molecule has 1 rings (SSSR count). The van der Waals surface area contributed by atoms with Gasteiger partial charge in [-0.1, -0.05) is 0 Å². The summed E-state index contributed by atoms with van der Waals surface area (Å²) in [6.45, 7) is 5.44. The van der Waals surface area contributed by atoms with Gasteiger partial charge in [-0.3, -0.25) is 9.48 Å². The summed E-state index contributed by atoms with van der Waals surface area (Å²) in [5.41, 5.74) is 0.611. The second-order valence-corrected chi connectivity index (χ2v) is 5.01. The largest absolute Gasteiger partial charge is 0.382 e. The highest BCUT2D eigenvalue weighted by Crippen LogP contribution is 2.20. The van der Waals surface area contributed by atoms with Crippen LogP contribution in [0.15, 0.2) is 10.7 Å². The third kappa shape index (κ3) is 4.19. The maximum absolute atomic E-state index is 12.1. The molecule has 0 aliphatic heterocycles. The lowest BCUT2D eigenvalue weighted by Gasteiger charge is -2.10. The van der Waals surface area contributed by atoms with Crippen LogP contribution in [0.2, 0.25) is 0 Å². The van der Waals surface area contributed by atoms with E-state index in [1.165, 1.54) is 0 Å². The van der Waals surface area contributed by atoms with Gasteiger partial charge in [0.2, 0.25) is 0 Å². The molecule has 0 radical (unpaired) electrons. The first-order valence-electron chi connectivity index (χ1n) is 5.90. The van der Waals surface area contributed by atoms with E-state index in [4.69, 9.17) is 9.47 Å². The number of halogens is 1. The Morgan fingerprint density at radius 2 is 2.17 bits per heavy atom. The standard InChI is InChI=1S/C12H19BrN2O3/c1-9(2)15-12(10(13)8-14-15)11(16)4-5-18-7-6-17-3/h8-9H,4-7H2,1-3H3. The Kier molecular flexibility index (Phi) is 6.52. The monoisotopic (exact) mass is 318 g/mol. The molecule has 0 aliphatic carbocycles. The molecule has 0 amide bonds. The lowest BCUT2D eigenvalue weighted by molar-refractivity contribution is 0.0637. The molecule has 5 nitrogen and oxygen atoms in total. The van der Waals surface area contributed by atoms with Gasteiger partial charge in [-0.25, -0.2) is 0 Å². The summed E-state index contributed by atoms with van der Waals surface area (Å²) in [5, 5.41) is 4.18. The molecule has 1 aromatic heterocycles. The molecule has 0 fully saturated rings. The van der Waals surface area contributed by atoms with Crippen molar-refractivity contribution in [2.24, 2.45) is 0 Å². The van der Waals surface area contributed by atoms with Gasteiger partial charge in [0.15, 0.2) is 5.78 Å². The average Bonchev–Trinajstić information content (AvgIpc) is 2.71. The fourth-order valence-electron chi connectivity index (χ4n) is 1.52. The van der Waals surface area contributed by atoms with E-state index >= 15 is 0 Å². The normalized spacial score (nSPS) is 11.2. The van der Waals surface area contributed by atoms with E-state index < -0.39 is 0 Å². The Hall–Kier alpha value is -0.720. The number of carbonyl (C=O) groups is 1. The van der Waals surface area contributed by atoms with Crippen LogP contribution in [-0.2, 0) is 9.47 Å². The molecule has 6 heteroatoms. The van der Waals surface area contributed by atoms with E-state index in [2.05, 4.69) is 21.0 Å². The van der Waals surface area contributed by atoms with Gasteiger partial charge in [-0.05, 0) is 29.8 Å². The van der Waals surface area contributed by atoms with E-state index in [0.29, 0.717) is 31.9 Å². The van der Waals surface area contributed by atoms with Gasteiger partial charge in [-0.2, -0.15) is 5.10 Å². The number of ether oxygens (including phenoxy) is 2. The molecule has 1 heterocycles. The van der Waals surface area contributed by atoms with E-state index in [0.717, 1.165) is 4.47 Å². The second kappa shape index (κ2) is 7.66. The van der Waals surface area contributed by atoms with Gasteiger partial charge >= 0.3 is 0 Å². The van der Waals surface area contributed by atoms with Crippen LogP contribution >= 0.6 is 15.9 Å². The molecule has 18 heavy (non-hydrogen) atoms. The molecular weight excluding hydrogens is 300 g/mol. The van der Waals surface area contributed by atoms with Gasteiger partial charge in [0, 0.05) is 19.6 Å². The summed E-state index contributed by atoms with van der Waals surface area (Å²) in [7, 11) is 1.62. The molecule has 0 spiro atoms. The van der Waals surface area contributed by atoms with Crippen molar-refractivity contribution >= 4 is 21.7 Å². The van der Waals surface area contributed by atoms with E-state index in [1.807, 2.05) is 13.8 Å². The maximum Gasteiger partial charge on any atom is 0.184 e. The number of Topliss-reactive ketones (excluding diaryl/α,β-unsaturated/α-hetero) is 1. The highest BCUT2D eigenvalue weighted by molar-refractivity contribution is 9.10. The van der Waals surface area contributed by atoms with Crippen LogP contribution in [0.3, 0.4) is 0 Å². The minimum Gasteiger partial charge on any atom is -0.382 e. The molecule has 102 valence electrons. The minimum absolute atomic E-state index is 0.0329. The van der Waals surface area contributed by atoms with Crippen LogP contribution in [0.5, 0.6) is 0 Å². The summed E-state index contributed by atoms with van der Waals surface area (Å²) in [6.07, 6.45) is 2.00. The van der Waals surface area contributed by atoms with Crippen LogP contribution in [-0.4, -0.2) is 42.5 Å². The van der Waals surface area contributed by atoms with Crippen molar-refractivity contribution in [1.29, 1.82) is 0 Å². The molecule has 0 aliphatic rings. The highest BCUT2D eigenvalue weighted by Gasteiger charge is 2.18. The van der Waals surface area contributed by atoms with E-state index in [9.17, 15) is 4.79 Å². The van der Waals surface area contributed by atoms with Gasteiger partial charge in [0.1, 0.15) is 5.69 Å². The lowest BCUT2D eigenvalue weighted by Crippen LogP contribution is -2.15. The van der Waals surface area contributed by atoms with Crippen molar-refractivity contribution < 1.29 is 14.3 Å². The van der Waals surface area contributed by atoms with Gasteiger partial charge in [0.25, 0.3) is 0 Å². The maximum atomic E-state index is 12.1. The topological polar surface area (TPSA) is 53.4 Å². The number of nitrogens with zero attached hydrogens (tertiary/aromatic N) is 2. The van der Waals surface area contributed by atoms with E-state index in [-0.39, 0.29) is 11.8 Å². The van der Waals surface area contributed by atoms with Crippen LogP contribution in [0.4, 0.5) is 0 Å². The number of carbonyl (C=O) groups excluding carboxylic acids is 1. The third-order valence-electron chi connectivity index (χ3n) is 2.41. The molecule has 0 N–H and O–H groups in total. The first kappa shape index (κ1) is 15.3. The number of ketones is 1. The highest BCUT2D eigenvalue weighted by atomic mass is 79.9. The van der Waals surface area contributed by atoms with Gasteiger partial charge in [-0.15, -0.1) is 0 Å². The Morgan fingerprint density at radius 1 is 1.44 bits per heavy atom. The fraction of sp³-hybridized carbons (Fsp3) is 0.667. The van der Waals surface area contributed by atoms with Crippen molar-refractivity contribution in [3.05, 3.63) is 16.4 Å². The zero-order valence-electron chi connectivity index (χ0n) is 11.0. The zero-order chi connectivity index (χ0) is 13.5. The summed E-state index contributed by atoms with van der Waals surface area (Å²) < 4.78 is 12.6. The third-order valence-corrected chi connectivity index (χ3v) is 2.99. The number of hydrogen-bond donors (Lipinski definition) is 0. The van der Waals surface area contributed by atoms with Crippen molar-refractivity contribution in [3.8, 4) is 0 Å². The molecule has 0 atom stereocenters. The van der Waals surface area contributed by atoms with Crippen LogP contribution in [0.25, 0.3) is 0 Å². The van der Waals surface area contributed by atoms with E-state index in [1.54, 1.807) is 18.0 Å². The molecular formula is C12H19BrN2O3. The van der Waals surface area contributed by atoms with Crippen molar-refractivity contribution in [1.82, 2.24) is 9.78 Å². The zero-order valence-corrected chi connectivity index (χ0v) is 12.6. The van der Waals surface area contributed by atoms with Crippen LogP contribution < -0.4 is 0 Å². The van der Waals surface area contributed by atoms with Crippen LogP contribution in [0, 0.1) is 0 Å².